The van der Waals surface area contributed by atoms with E-state index in [-0.39, 0.29) is 23.9 Å². The molecule has 0 radical (unpaired) electrons. The molecule has 1 aromatic carbocycles. The molecule has 0 saturated carbocycles. The number of urea groups is 1. The van der Waals surface area contributed by atoms with Crippen molar-refractivity contribution in [3.63, 3.8) is 0 Å². The van der Waals surface area contributed by atoms with E-state index in [0.29, 0.717) is 45.0 Å². The molecule has 4 aliphatic rings. The maximum absolute atomic E-state index is 13.9. The molecule has 32 heavy (non-hydrogen) atoms. The fourth-order valence-electron chi connectivity index (χ4n) is 5.98. The predicted octanol–water partition coefficient (Wildman–Crippen LogP) is 1.76. The minimum absolute atomic E-state index is 0.0266. The summed E-state index contributed by atoms with van der Waals surface area (Å²) in [6.07, 6.45) is 2.03. The minimum atomic E-state index is -0.707. The number of carbonyl (C=O) groups is 3. The first kappa shape index (κ1) is 21.2. The van der Waals surface area contributed by atoms with Crippen LogP contribution in [0.4, 0.5) is 4.79 Å². The normalized spacial score (nSPS) is 24.7. The van der Waals surface area contributed by atoms with Crippen LogP contribution in [-0.2, 0) is 9.53 Å². The Kier molecular flexibility index (Phi) is 5.35. The Labute approximate surface area is 189 Å². The van der Waals surface area contributed by atoms with Gasteiger partial charge in [-0.1, -0.05) is 18.2 Å². The van der Waals surface area contributed by atoms with Gasteiger partial charge in [-0.05, 0) is 38.3 Å². The second-order valence-electron chi connectivity index (χ2n) is 9.66. The average molecular weight is 441 g/mol. The number of fused-ring (bicyclic) bond motifs is 1. The van der Waals surface area contributed by atoms with Crippen LogP contribution in [-0.4, -0.2) is 102 Å². The second-order valence-corrected chi connectivity index (χ2v) is 9.66. The fraction of sp³-hybridized carbons (Fsp3) is 0.625. The number of amides is 4. The van der Waals surface area contributed by atoms with Crippen molar-refractivity contribution in [3.05, 3.63) is 35.4 Å². The van der Waals surface area contributed by atoms with Crippen molar-refractivity contribution in [3.8, 4) is 0 Å². The molecule has 0 bridgehead atoms. The van der Waals surface area contributed by atoms with Gasteiger partial charge < -0.3 is 24.3 Å². The van der Waals surface area contributed by atoms with E-state index in [4.69, 9.17) is 4.74 Å². The standard InChI is InChI=1S/C24H32N4O4/c1-17(2)28-21(29)19-8-4-3-7-18(19)20(22(30)25-9-5-6-10-25)24(28)15-27(16-24)23(31)26-11-13-32-14-12-26/h3-4,7-8,17,20H,5-6,9-16H2,1-2H3. The zero-order valence-corrected chi connectivity index (χ0v) is 19.0. The molecule has 1 unspecified atom stereocenters. The van der Waals surface area contributed by atoms with Crippen LogP contribution in [0.3, 0.4) is 0 Å². The van der Waals surface area contributed by atoms with Crippen molar-refractivity contribution >= 4 is 17.8 Å². The number of ether oxygens (including phenoxy) is 1. The first-order valence-corrected chi connectivity index (χ1v) is 11.8. The van der Waals surface area contributed by atoms with Gasteiger partial charge in [-0.15, -0.1) is 0 Å². The van der Waals surface area contributed by atoms with Gasteiger partial charge in [0.25, 0.3) is 5.91 Å². The molecule has 8 nitrogen and oxygen atoms in total. The third-order valence-corrected chi connectivity index (χ3v) is 7.40. The molecule has 0 aromatic heterocycles. The van der Waals surface area contributed by atoms with Crippen LogP contribution in [0, 0.1) is 0 Å². The lowest BCUT2D eigenvalue weighted by Gasteiger charge is -2.62. The van der Waals surface area contributed by atoms with Crippen LogP contribution in [0.15, 0.2) is 24.3 Å². The van der Waals surface area contributed by atoms with Crippen molar-refractivity contribution in [1.82, 2.24) is 19.6 Å². The molecule has 4 heterocycles. The van der Waals surface area contributed by atoms with E-state index < -0.39 is 11.5 Å². The summed E-state index contributed by atoms with van der Waals surface area (Å²) in [6.45, 7) is 8.53. The summed E-state index contributed by atoms with van der Waals surface area (Å²) in [7, 11) is 0. The van der Waals surface area contributed by atoms with E-state index in [1.165, 1.54) is 0 Å². The highest BCUT2D eigenvalue weighted by atomic mass is 16.5. The molecule has 172 valence electrons. The summed E-state index contributed by atoms with van der Waals surface area (Å²) in [4.78, 5) is 48.1. The lowest BCUT2D eigenvalue weighted by molar-refractivity contribution is -0.141. The Morgan fingerprint density at radius 1 is 0.969 bits per heavy atom. The molecule has 0 aliphatic carbocycles. The number of rotatable bonds is 2. The summed E-state index contributed by atoms with van der Waals surface area (Å²) < 4.78 is 5.38. The minimum Gasteiger partial charge on any atom is -0.378 e. The zero-order valence-electron chi connectivity index (χ0n) is 19.0. The predicted molar refractivity (Wildman–Crippen MR) is 118 cm³/mol. The van der Waals surface area contributed by atoms with Gasteiger partial charge in [0, 0.05) is 50.9 Å². The number of hydrogen-bond acceptors (Lipinski definition) is 4. The maximum Gasteiger partial charge on any atom is 0.320 e. The molecule has 4 amide bonds. The van der Waals surface area contributed by atoms with Crippen LogP contribution in [0.5, 0.6) is 0 Å². The molecule has 3 saturated heterocycles. The van der Waals surface area contributed by atoms with Crippen molar-refractivity contribution in [2.24, 2.45) is 0 Å². The second kappa shape index (κ2) is 8.06. The van der Waals surface area contributed by atoms with Crippen LogP contribution >= 0.6 is 0 Å². The zero-order chi connectivity index (χ0) is 22.5. The van der Waals surface area contributed by atoms with Gasteiger partial charge in [0.05, 0.1) is 24.7 Å². The Morgan fingerprint density at radius 2 is 1.62 bits per heavy atom. The first-order chi connectivity index (χ1) is 15.4. The molecule has 1 aromatic rings. The van der Waals surface area contributed by atoms with Crippen LogP contribution in [0.1, 0.15) is 48.5 Å². The molecular weight excluding hydrogens is 408 g/mol. The van der Waals surface area contributed by atoms with E-state index in [9.17, 15) is 14.4 Å². The fourth-order valence-corrected chi connectivity index (χ4v) is 5.98. The smallest absolute Gasteiger partial charge is 0.320 e. The largest absolute Gasteiger partial charge is 0.378 e. The van der Waals surface area contributed by atoms with E-state index in [0.717, 1.165) is 31.5 Å². The number of hydrogen-bond donors (Lipinski definition) is 0. The number of likely N-dealkylation sites (tertiary alicyclic amines) is 2. The highest BCUT2D eigenvalue weighted by molar-refractivity contribution is 6.02. The highest BCUT2D eigenvalue weighted by Gasteiger charge is 2.63. The molecule has 3 fully saturated rings. The highest BCUT2D eigenvalue weighted by Crippen LogP contribution is 2.48. The molecule has 0 N–H and O–H groups in total. The van der Waals surface area contributed by atoms with Gasteiger partial charge in [-0.3, -0.25) is 9.59 Å². The SMILES string of the molecule is CC(C)N1C(=O)c2ccccc2C(C(=O)N2CCCC2)C12CN(C(=O)N1CCOCC1)C2. The van der Waals surface area contributed by atoms with Gasteiger partial charge in [0.2, 0.25) is 5.91 Å². The van der Waals surface area contributed by atoms with Gasteiger partial charge in [0.15, 0.2) is 0 Å². The molecular formula is C24H32N4O4. The summed E-state index contributed by atoms with van der Waals surface area (Å²) in [5, 5.41) is 0. The van der Waals surface area contributed by atoms with Crippen molar-refractivity contribution < 1.29 is 19.1 Å². The average Bonchev–Trinajstić information content (AvgIpc) is 3.32. The van der Waals surface area contributed by atoms with Crippen molar-refractivity contribution in [2.75, 3.05) is 52.5 Å². The monoisotopic (exact) mass is 440 g/mol. The van der Waals surface area contributed by atoms with Crippen molar-refractivity contribution in [1.29, 1.82) is 0 Å². The van der Waals surface area contributed by atoms with Gasteiger partial charge >= 0.3 is 6.03 Å². The molecule has 5 rings (SSSR count). The molecule has 1 spiro atoms. The van der Waals surface area contributed by atoms with Crippen LogP contribution < -0.4 is 0 Å². The Hall–Kier alpha value is -2.61. The topological polar surface area (TPSA) is 73.4 Å². The Balaban J connectivity index is 1.52. The van der Waals surface area contributed by atoms with Crippen LogP contribution in [0.2, 0.25) is 0 Å². The van der Waals surface area contributed by atoms with Crippen molar-refractivity contribution in [2.45, 2.75) is 44.2 Å². The molecule has 4 aliphatic heterocycles. The van der Waals surface area contributed by atoms with E-state index >= 15 is 0 Å². The van der Waals surface area contributed by atoms with Gasteiger partial charge in [-0.2, -0.15) is 0 Å². The molecule has 8 heteroatoms. The van der Waals surface area contributed by atoms with E-state index in [1.54, 1.807) is 4.90 Å². The van der Waals surface area contributed by atoms with E-state index in [1.807, 2.05) is 52.8 Å². The van der Waals surface area contributed by atoms with Crippen LogP contribution in [0.25, 0.3) is 0 Å². The molecule has 1 atom stereocenters. The number of nitrogens with zero attached hydrogens (tertiary/aromatic N) is 4. The maximum atomic E-state index is 13.9. The van der Waals surface area contributed by atoms with E-state index in [2.05, 4.69) is 0 Å². The lowest BCUT2D eigenvalue weighted by Crippen LogP contribution is -2.79. The Morgan fingerprint density at radius 3 is 2.28 bits per heavy atom. The first-order valence-electron chi connectivity index (χ1n) is 11.8. The summed E-state index contributed by atoms with van der Waals surface area (Å²) in [5.74, 6) is -0.406. The quantitative estimate of drug-likeness (QED) is 0.703. The Bertz CT molecular complexity index is 914. The lowest BCUT2D eigenvalue weighted by atomic mass is 9.67. The summed E-state index contributed by atoms with van der Waals surface area (Å²) in [5.41, 5.74) is 0.716. The number of benzene rings is 1. The van der Waals surface area contributed by atoms with Gasteiger partial charge in [-0.25, -0.2) is 4.79 Å². The number of carbonyl (C=O) groups excluding carboxylic acids is 3. The summed E-state index contributed by atoms with van der Waals surface area (Å²) in [6, 6.07) is 7.42. The third-order valence-electron chi connectivity index (χ3n) is 7.40. The number of morpholine rings is 1. The van der Waals surface area contributed by atoms with Gasteiger partial charge in [0.1, 0.15) is 0 Å². The summed E-state index contributed by atoms with van der Waals surface area (Å²) >= 11 is 0. The third kappa shape index (κ3) is 3.18.